The standard InChI is InChI=1S/C12H17NO3/c1-2-3-4-7-16-12(15)10-8-9(13)5-6-11(10)14/h5-6,8,14H,2-4,7,13H2,1H3. The van der Waals surface area contributed by atoms with Gasteiger partial charge in [0.15, 0.2) is 0 Å². The van der Waals surface area contributed by atoms with Crippen LogP contribution in [-0.4, -0.2) is 17.7 Å². The average molecular weight is 223 g/mol. The molecule has 1 rings (SSSR count). The van der Waals surface area contributed by atoms with Crippen LogP contribution in [0.1, 0.15) is 36.5 Å². The van der Waals surface area contributed by atoms with E-state index in [-0.39, 0.29) is 11.3 Å². The Morgan fingerprint density at radius 3 is 2.88 bits per heavy atom. The minimum absolute atomic E-state index is 0.102. The first-order valence-corrected chi connectivity index (χ1v) is 5.40. The van der Waals surface area contributed by atoms with E-state index in [2.05, 4.69) is 6.92 Å². The van der Waals surface area contributed by atoms with Crippen LogP contribution in [0.2, 0.25) is 0 Å². The van der Waals surface area contributed by atoms with E-state index in [1.165, 1.54) is 18.2 Å². The first kappa shape index (κ1) is 12.4. The van der Waals surface area contributed by atoms with Crippen molar-refractivity contribution in [3.05, 3.63) is 23.8 Å². The number of rotatable bonds is 5. The van der Waals surface area contributed by atoms with Gasteiger partial charge < -0.3 is 15.6 Å². The molecular weight excluding hydrogens is 206 g/mol. The van der Waals surface area contributed by atoms with Crippen molar-refractivity contribution in [3.63, 3.8) is 0 Å². The molecule has 0 unspecified atom stereocenters. The van der Waals surface area contributed by atoms with Crippen molar-refractivity contribution in [2.45, 2.75) is 26.2 Å². The summed E-state index contributed by atoms with van der Waals surface area (Å²) in [6.07, 6.45) is 2.93. The fourth-order valence-corrected chi connectivity index (χ4v) is 1.31. The SMILES string of the molecule is CCCCCOC(=O)c1cc(N)ccc1O. The maximum Gasteiger partial charge on any atom is 0.341 e. The van der Waals surface area contributed by atoms with Crippen molar-refractivity contribution in [1.29, 1.82) is 0 Å². The summed E-state index contributed by atoms with van der Waals surface area (Å²) >= 11 is 0. The maximum atomic E-state index is 11.5. The number of unbranched alkanes of at least 4 members (excludes halogenated alkanes) is 2. The lowest BCUT2D eigenvalue weighted by Gasteiger charge is -2.06. The molecule has 16 heavy (non-hydrogen) atoms. The zero-order valence-corrected chi connectivity index (χ0v) is 9.40. The van der Waals surface area contributed by atoms with Gasteiger partial charge in [0.25, 0.3) is 0 Å². The molecular formula is C12H17NO3. The molecule has 0 bridgehead atoms. The molecule has 0 saturated heterocycles. The third kappa shape index (κ3) is 3.46. The van der Waals surface area contributed by atoms with Crippen LogP contribution in [0.5, 0.6) is 5.75 Å². The molecule has 1 aromatic rings. The summed E-state index contributed by atoms with van der Waals surface area (Å²) in [4.78, 5) is 11.5. The van der Waals surface area contributed by atoms with Gasteiger partial charge in [0.2, 0.25) is 0 Å². The van der Waals surface area contributed by atoms with Gasteiger partial charge in [-0.2, -0.15) is 0 Å². The molecule has 0 aliphatic heterocycles. The van der Waals surface area contributed by atoms with E-state index in [0.29, 0.717) is 12.3 Å². The van der Waals surface area contributed by atoms with Crippen molar-refractivity contribution in [3.8, 4) is 5.75 Å². The molecule has 3 N–H and O–H groups in total. The topological polar surface area (TPSA) is 72.5 Å². The molecule has 0 aromatic heterocycles. The minimum atomic E-state index is -0.527. The van der Waals surface area contributed by atoms with Crippen molar-refractivity contribution >= 4 is 11.7 Å². The van der Waals surface area contributed by atoms with Crippen LogP contribution < -0.4 is 5.73 Å². The normalized spacial score (nSPS) is 10.1. The monoisotopic (exact) mass is 223 g/mol. The molecule has 88 valence electrons. The Kier molecular flexibility index (Phi) is 4.64. The quantitative estimate of drug-likeness (QED) is 0.348. The van der Waals surface area contributed by atoms with Gasteiger partial charge in [-0.1, -0.05) is 19.8 Å². The van der Waals surface area contributed by atoms with Gasteiger partial charge in [-0.3, -0.25) is 0 Å². The molecule has 4 heteroatoms. The van der Waals surface area contributed by atoms with E-state index in [1.807, 2.05) is 0 Å². The predicted octanol–water partition coefficient (Wildman–Crippen LogP) is 2.32. The largest absolute Gasteiger partial charge is 0.507 e. The smallest absolute Gasteiger partial charge is 0.341 e. The summed E-state index contributed by atoms with van der Waals surface area (Å²) in [6, 6.07) is 4.33. The summed E-state index contributed by atoms with van der Waals surface area (Å²) in [5.74, 6) is -0.629. The van der Waals surface area contributed by atoms with Crippen LogP contribution in [0.4, 0.5) is 5.69 Å². The number of hydrogen-bond donors (Lipinski definition) is 2. The lowest BCUT2D eigenvalue weighted by atomic mass is 10.2. The summed E-state index contributed by atoms with van der Waals surface area (Å²) in [7, 11) is 0. The van der Waals surface area contributed by atoms with Gasteiger partial charge in [-0.25, -0.2) is 4.79 Å². The molecule has 0 heterocycles. The number of esters is 1. The molecule has 4 nitrogen and oxygen atoms in total. The van der Waals surface area contributed by atoms with E-state index >= 15 is 0 Å². The predicted molar refractivity (Wildman–Crippen MR) is 62.3 cm³/mol. The highest BCUT2D eigenvalue weighted by atomic mass is 16.5. The zero-order valence-electron chi connectivity index (χ0n) is 9.40. The molecule has 1 aromatic carbocycles. The highest BCUT2D eigenvalue weighted by molar-refractivity contribution is 5.93. The first-order chi connectivity index (χ1) is 7.65. The van der Waals surface area contributed by atoms with Crippen molar-refractivity contribution in [2.24, 2.45) is 0 Å². The number of carbonyl (C=O) groups is 1. The number of nitrogens with two attached hydrogens (primary N) is 1. The summed E-state index contributed by atoms with van der Waals surface area (Å²) in [6.45, 7) is 2.45. The number of phenols is 1. The van der Waals surface area contributed by atoms with Gasteiger partial charge >= 0.3 is 5.97 Å². The number of anilines is 1. The van der Waals surface area contributed by atoms with Crippen molar-refractivity contribution < 1.29 is 14.6 Å². The number of phenolic OH excluding ortho intramolecular Hbond substituents is 1. The van der Waals surface area contributed by atoms with Crippen LogP contribution in [0.15, 0.2) is 18.2 Å². The van der Waals surface area contributed by atoms with Crippen LogP contribution >= 0.6 is 0 Å². The molecule has 0 aliphatic rings. The van der Waals surface area contributed by atoms with E-state index < -0.39 is 5.97 Å². The van der Waals surface area contributed by atoms with Gasteiger partial charge in [0, 0.05) is 5.69 Å². The number of aromatic hydroxyl groups is 1. The van der Waals surface area contributed by atoms with Gasteiger partial charge in [0.05, 0.1) is 6.61 Å². The highest BCUT2D eigenvalue weighted by Crippen LogP contribution is 2.20. The first-order valence-electron chi connectivity index (χ1n) is 5.40. The van der Waals surface area contributed by atoms with E-state index in [4.69, 9.17) is 10.5 Å². The van der Waals surface area contributed by atoms with Gasteiger partial charge in [-0.05, 0) is 24.6 Å². The fraction of sp³-hybridized carbons (Fsp3) is 0.417. The number of benzene rings is 1. The van der Waals surface area contributed by atoms with Crippen molar-refractivity contribution in [2.75, 3.05) is 12.3 Å². The summed E-state index contributed by atoms with van der Waals surface area (Å²) in [5, 5.41) is 9.45. The molecule has 0 radical (unpaired) electrons. The zero-order chi connectivity index (χ0) is 12.0. The van der Waals surface area contributed by atoms with Crippen LogP contribution in [-0.2, 0) is 4.74 Å². The average Bonchev–Trinajstić information content (AvgIpc) is 2.27. The lowest BCUT2D eigenvalue weighted by Crippen LogP contribution is -2.07. The summed E-state index contributed by atoms with van der Waals surface area (Å²) < 4.78 is 5.01. The second-order valence-electron chi connectivity index (χ2n) is 3.62. The van der Waals surface area contributed by atoms with Crippen molar-refractivity contribution in [1.82, 2.24) is 0 Å². The molecule has 0 fully saturated rings. The number of hydrogen-bond acceptors (Lipinski definition) is 4. The number of nitrogen functional groups attached to an aromatic ring is 1. The second-order valence-corrected chi connectivity index (χ2v) is 3.62. The molecule has 0 atom stereocenters. The third-order valence-corrected chi connectivity index (χ3v) is 2.22. The summed E-state index contributed by atoms with van der Waals surface area (Å²) in [5.41, 5.74) is 6.07. The lowest BCUT2D eigenvalue weighted by molar-refractivity contribution is 0.0495. The fourth-order valence-electron chi connectivity index (χ4n) is 1.31. The Balaban J connectivity index is 2.55. The molecule has 0 aliphatic carbocycles. The molecule has 0 saturated carbocycles. The van der Waals surface area contributed by atoms with E-state index in [0.717, 1.165) is 19.3 Å². The Morgan fingerprint density at radius 1 is 1.44 bits per heavy atom. The minimum Gasteiger partial charge on any atom is -0.507 e. The third-order valence-electron chi connectivity index (χ3n) is 2.22. The Morgan fingerprint density at radius 2 is 2.19 bits per heavy atom. The Bertz CT molecular complexity index is 363. The van der Waals surface area contributed by atoms with Crippen LogP contribution in [0.3, 0.4) is 0 Å². The Labute approximate surface area is 95.0 Å². The Hall–Kier alpha value is -1.71. The number of ether oxygens (including phenoxy) is 1. The maximum absolute atomic E-state index is 11.5. The molecule has 0 amide bonds. The molecule has 0 spiro atoms. The highest BCUT2D eigenvalue weighted by Gasteiger charge is 2.12. The van der Waals surface area contributed by atoms with Gasteiger partial charge in [0.1, 0.15) is 11.3 Å². The van der Waals surface area contributed by atoms with E-state index in [9.17, 15) is 9.90 Å². The van der Waals surface area contributed by atoms with Crippen LogP contribution in [0.25, 0.3) is 0 Å². The number of carbonyl (C=O) groups excluding carboxylic acids is 1. The van der Waals surface area contributed by atoms with Gasteiger partial charge in [-0.15, -0.1) is 0 Å². The second kappa shape index (κ2) is 6.00. The van der Waals surface area contributed by atoms with Crippen LogP contribution in [0, 0.1) is 0 Å². The van der Waals surface area contributed by atoms with E-state index in [1.54, 1.807) is 0 Å².